The maximum Gasteiger partial charge on any atom is 0.258 e. The Hall–Kier alpha value is -10.9. The Morgan fingerprint density at radius 3 is 1.72 bits per heavy atom. The molecule has 21 N–H and O–H groups in total. The third kappa shape index (κ3) is 20.1. The van der Waals surface area contributed by atoms with Crippen LogP contribution >= 0.6 is 23.2 Å². The summed E-state index contributed by atoms with van der Waals surface area (Å²) in [4.78, 5) is 140. The minimum absolute atomic E-state index is 0.00483. The van der Waals surface area contributed by atoms with Crippen molar-refractivity contribution in [2.75, 3.05) is 74.3 Å². The van der Waals surface area contributed by atoms with Crippen molar-refractivity contribution in [1.29, 1.82) is 0 Å². The van der Waals surface area contributed by atoms with E-state index in [1.165, 1.54) is 37.4 Å². The number of amides is 9. The highest BCUT2D eigenvalue weighted by molar-refractivity contribution is 6.32. The minimum atomic E-state index is -2.43. The van der Waals surface area contributed by atoms with Crippen LogP contribution in [0, 0.1) is 29.6 Å². The Morgan fingerprint density at radius 2 is 1.14 bits per heavy atom. The van der Waals surface area contributed by atoms with Gasteiger partial charge < -0.3 is 138 Å². The van der Waals surface area contributed by atoms with Gasteiger partial charge in [-0.25, -0.2) is 0 Å². The normalized spacial score (nSPS) is 26.7. The molecule has 6 aliphatic heterocycles. The average Bonchev–Trinajstić information content (AvgIpc) is 0.757. The van der Waals surface area contributed by atoms with Gasteiger partial charge in [-0.15, -0.1) is 0 Å². The van der Waals surface area contributed by atoms with Crippen LogP contribution in [0.25, 0.3) is 11.1 Å². The van der Waals surface area contributed by atoms with Crippen molar-refractivity contribution >= 4 is 76.4 Å². The fourth-order valence-electron chi connectivity index (χ4n) is 17.2. The standard InChI is InChI=1S/C85H102Cl2N12O25/c1-36(2)19-51(91-6)78(111)98-68-70(105)40-8-11-55(49(86)26-40)121-59-28-44-29-60(76(59)124-85-74(109)73(108)72(107)61(35-100)123-85)122-56-12-9-41(27-50(56)87)71(106)69-84(117)97-67(82(115)94-64-42-21-37-20-38(23-42)24-43(64)22-37)48-32-46(101)33-54(103)63(48)47-25-39(7-10-53(47)102)65(80(113)99-69)96-81(114)66(44)95-79(112)52(92-83(68)116)34-62(104)93-77(110)45-30-57(118-16-13-88-3)75(120-18-15-90-5)58(31-45)119-17-14-89-4/h7-12,25-33,36-38,42-43,51-52,61,64-74,85,88-91,100-103,105-109H,13-24,34-35H2,1-6H3,(H,92,116)(H,94,115)(H,95,112)(H,96,114)(H,97,117)(H,98,111)(H,99,113)(H,93,104,110)/t37?,38?,42?,43?,51-,52+,61-,64?,65-,66-,67+,68-,69+,70-,71-,72-,73+,74-,85+/m1/s1. The Labute approximate surface area is 721 Å². The molecule has 6 aromatic rings. The van der Waals surface area contributed by atoms with Crippen molar-refractivity contribution in [1.82, 2.24) is 63.8 Å². The minimum Gasteiger partial charge on any atom is -0.508 e. The van der Waals surface area contributed by atoms with Gasteiger partial charge in [0.1, 0.15) is 121 Å². The topological polar surface area (TPSA) is 545 Å². The molecule has 124 heavy (non-hydrogen) atoms. The van der Waals surface area contributed by atoms with Crippen molar-refractivity contribution in [3.63, 3.8) is 0 Å². The van der Waals surface area contributed by atoms with Gasteiger partial charge in [-0.3, -0.25) is 48.5 Å². The summed E-state index contributed by atoms with van der Waals surface area (Å²) in [5.74, 6) is -15.0. The maximum atomic E-state index is 16.6. The number of halogens is 2. The highest BCUT2D eigenvalue weighted by Gasteiger charge is 2.51. The Kier molecular flexibility index (Phi) is 28.9. The van der Waals surface area contributed by atoms with E-state index in [2.05, 4.69) is 63.8 Å². The highest BCUT2D eigenvalue weighted by atomic mass is 35.5. The smallest absolute Gasteiger partial charge is 0.258 e. The van der Waals surface area contributed by atoms with E-state index in [0.29, 0.717) is 31.5 Å². The summed E-state index contributed by atoms with van der Waals surface area (Å²) in [6.45, 7) is 3.81. The molecular weight excluding hydrogens is 1660 g/mol. The quantitative estimate of drug-likeness (QED) is 0.0364. The molecule has 39 heteroatoms. The van der Waals surface area contributed by atoms with Crippen LogP contribution in [0.1, 0.15) is 127 Å². The fraction of sp³-hybridized carbons (Fsp3) is 0.471. The molecule has 0 unspecified atom stereocenters. The van der Waals surface area contributed by atoms with E-state index in [1.54, 1.807) is 21.1 Å². The molecule has 10 aliphatic rings. The first-order valence-corrected chi connectivity index (χ1v) is 41.6. The molecule has 4 aliphatic carbocycles. The molecule has 14 atom stereocenters. The first kappa shape index (κ1) is 90.8. The summed E-state index contributed by atoms with van der Waals surface area (Å²) in [5, 5.41) is 137. The third-order valence-electron chi connectivity index (χ3n) is 23.3. The van der Waals surface area contributed by atoms with Crippen LogP contribution in [-0.4, -0.2) is 234 Å². The lowest BCUT2D eigenvalue weighted by Crippen LogP contribution is -2.60. The largest absolute Gasteiger partial charge is 0.508 e. The number of aliphatic hydroxyl groups excluding tert-OH is 6. The molecule has 9 amide bonds. The SMILES string of the molecule is CNCCOc1cc(C(=O)NC(=O)C[C@@H]2NC(=O)[C@H](NC(=O)[C@@H](CC(C)C)NC)[C@H](O)c3ccc(c(Cl)c3)Oc3cc4cc(c3O[C@@H]3O[C@H](CO)[C@@H](O)[C@H](O)[C@H]3O)Oc3ccc(cc3Cl)[C@@H](O)[C@@H]3NC(=O)[C@H](NC(=O)[C@@H]4NC2=O)c2ccc(O)c(c2)-c2c(O)cc(O)cc2[C@@H](C(=O)NC2C4CC5CC(C4)CC2C5)NC3=O)cc(OCCNC)c1OCCNC. The van der Waals surface area contributed by atoms with Gasteiger partial charge in [-0.1, -0.05) is 55.2 Å². The van der Waals surface area contributed by atoms with Gasteiger partial charge in [0.2, 0.25) is 65.0 Å². The molecule has 4 saturated carbocycles. The van der Waals surface area contributed by atoms with Gasteiger partial charge in [0, 0.05) is 48.4 Å². The van der Waals surface area contributed by atoms with Crippen LogP contribution in [0.5, 0.6) is 63.2 Å². The molecular formula is C85H102Cl2N12O25. The summed E-state index contributed by atoms with van der Waals surface area (Å²) in [7, 11) is 6.53. The number of aliphatic hydroxyl groups is 6. The zero-order valence-electron chi connectivity index (χ0n) is 68.4. The van der Waals surface area contributed by atoms with Gasteiger partial charge >= 0.3 is 0 Å². The monoisotopic (exact) mass is 1760 g/mol. The van der Waals surface area contributed by atoms with E-state index in [9.17, 15) is 55.5 Å². The average molecular weight is 1760 g/mol. The van der Waals surface area contributed by atoms with E-state index >= 15 is 33.6 Å². The van der Waals surface area contributed by atoms with Gasteiger partial charge in [0.15, 0.2) is 23.0 Å². The molecule has 15 bridgehead atoms. The summed E-state index contributed by atoms with van der Waals surface area (Å²) in [6.07, 6.45) is -11.1. The Bertz CT molecular complexity index is 4970. The van der Waals surface area contributed by atoms with Crippen LogP contribution in [0.4, 0.5) is 0 Å². The predicted molar refractivity (Wildman–Crippen MR) is 442 cm³/mol. The molecule has 1 saturated heterocycles. The first-order chi connectivity index (χ1) is 59.3. The molecule has 37 nitrogen and oxygen atoms in total. The molecule has 0 aromatic heterocycles. The number of benzene rings is 6. The van der Waals surface area contributed by atoms with Gasteiger partial charge in [0.05, 0.1) is 29.1 Å². The highest BCUT2D eigenvalue weighted by Crippen LogP contribution is 2.55. The van der Waals surface area contributed by atoms with Gasteiger partial charge in [-0.05, 0) is 191 Å². The summed E-state index contributed by atoms with van der Waals surface area (Å²) in [5.41, 5.74) is -2.57. The number of ether oxygens (including phenoxy) is 7. The Morgan fingerprint density at radius 1 is 0.565 bits per heavy atom. The first-order valence-electron chi connectivity index (χ1n) is 40.9. The fourth-order valence-corrected chi connectivity index (χ4v) is 17.7. The lowest BCUT2D eigenvalue weighted by atomic mass is 9.54. The molecule has 5 fully saturated rings. The van der Waals surface area contributed by atoms with Crippen LogP contribution < -0.4 is 92.2 Å². The zero-order valence-corrected chi connectivity index (χ0v) is 69.9. The number of carbonyl (C=O) groups is 9. The predicted octanol–water partition coefficient (Wildman–Crippen LogP) is 1.99. The number of likely N-dealkylation sites (N-methyl/N-ethyl adjacent to an activating group) is 4. The molecule has 16 rings (SSSR count). The number of imide groups is 1. The number of aromatic hydroxyl groups is 3. The Balaban J connectivity index is 0.995. The van der Waals surface area contributed by atoms with Crippen molar-refractivity contribution in [3.05, 3.63) is 134 Å². The van der Waals surface area contributed by atoms with Crippen molar-refractivity contribution in [3.8, 4) is 74.4 Å². The number of hydrogen-bond donors (Lipinski definition) is 21. The van der Waals surface area contributed by atoms with E-state index in [4.69, 9.17) is 56.4 Å². The summed E-state index contributed by atoms with van der Waals surface area (Å²) < 4.78 is 43.9. The van der Waals surface area contributed by atoms with Crippen LogP contribution in [0.15, 0.2) is 91.0 Å². The molecule has 6 aromatic carbocycles. The van der Waals surface area contributed by atoms with Crippen molar-refractivity contribution in [2.45, 2.75) is 150 Å². The van der Waals surface area contributed by atoms with E-state index in [1.807, 2.05) is 13.8 Å². The third-order valence-corrected chi connectivity index (χ3v) is 23.9. The second kappa shape index (κ2) is 39.5. The second-order valence-electron chi connectivity index (χ2n) is 32.4. The lowest BCUT2D eigenvalue weighted by Gasteiger charge is -2.54. The molecule has 666 valence electrons. The summed E-state index contributed by atoms with van der Waals surface area (Å²) >= 11 is 14.3. The van der Waals surface area contributed by atoms with E-state index < -0.39 is 203 Å². The molecule has 0 spiro atoms. The number of rotatable bonds is 25. The van der Waals surface area contributed by atoms with Gasteiger partial charge in [-0.2, -0.15) is 0 Å². The number of fused-ring (bicyclic) bond motifs is 15. The maximum absolute atomic E-state index is 16.6. The molecule has 6 heterocycles. The van der Waals surface area contributed by atoms with Crippen molar-refractivity contribution < 1.29 is 122 Å². The van der Waals surface area contributed by atoms with E-state index in [0.717, 1.165) is 92.8 Å². The number of phenols is 3. The van der Waals surface area contributed by atoms with Crippen LogP contribution in [-0.2, 0) is 43.1 Å². The summed E-state index contributed by atoms with van der Waals surface area (Å²) in [6, 6.07) is 2.11. The van der Waals surface area contributed by atoms with Crippen LogP contribution in [0.2, 0.25) is 10.0 Å². The number of nitrogens with one attached hydrogen (secondary N) is 12. The number of hydrogen-bond acceptors (Lipinski definition) is 29. The number of carbonyl (C=O) groups excluding carboxylic acids is 9. The molecule has 0 radical (unpaired) electrons. The second-order valence-corrected chi connectivity index (χ2v) is 33.2. The van der Waals surface area contributed by atoms with Crippen LogP contribution in [0.3, 0.4) is 0 Å². The number of phenolic OH excluding ortho intramolecular Hbond substituents is 3. The van der Waals surface area contributed by atoms with E-state index in [-0.39, 0.29) is 117 Å². The van der Waals surface area contributed by atoms with Gasteiger partial charge in [0.25, 0.3) is 5.91 Å². The lowest BCUT2D eigenvalue weighted by molar-refractivity contribution is -0.277. The zero-order chi connectivity index (χ0) is 88.8. The van der Waals surface area contributed by atoms with Crippen molar-refractivity contribution in [2.24, 2.45) is 29.6 Å².